The van der Waals surface area contributed by atoms with Gasteiger partial charge in [0.05, 0.1) is 5.56 Å². The van der Waals surface area contributed by atoms with E-state index in [4.69, 9.17) is 0 Å². The van der Waals surface area contributed by atoms with Crippen LogP contribution in [-0.2, 0) is 17.5 Å². The second-order valence-electron chi connectivity index (χ2n) is 4.64. The third kappa shape index (κ3) is 5.61. The molecule has 0 saturated carbocycles. The molecular formula is C14H19F3N2O. The smallest absolute Gasteiger partial charge is 0.352 e. The van der Waals surface area contributed by atoms with Crippen LogP contribution in [-0.4, -0.2) is 18.5 Å². The van der Waals surface area contributed by atoms with Gasteiger partial charge < -0.3 is 10.6 Å². The van der Waals surface area contributed by atoms with Crippen LogP contribution in [0.5, 0.6) is 0 Å². The first-order valence-corrected chi connectivity index (χ1v) is 6.49. The Kier molecular flexibility index (Phi) is 6.01. The summed E-state index contributed by atoms with van der Waals surface area (Å²) in [5.74, 6) is -0.184. The van der Waals surface area contributed by atoms with Crippen molar-refractivity contribution in [3.63, 3.8) is 0 Å². The van der Waals surface area contributed by atoms with E-state index in [0.717, 1.165) is 18.7 Å². The first-order valence-electron chi connectivity index (χ1n) is 6.49. The Morgan fingerprint density at radius 2 is 2.05 bits per heavy atom. The molecule has 1 unspecified atom stereocenters. The maximum Gasteiger partial charge on any atom is 0.416 e. The highest BCUT2D eigenvalue weighted by Crippen LogP contribution is 2.29. The molecule has 112 valence electrons. The van der Waals surface area contributed by atoms with Crippen LogP contribution in [0.4, 0.5) is 13.2 Å². The molecule has 0 spiro atoms. The van der Waals surface area contributed by atoms with Crippen LogP contribution in [0.15, 0.2) is 24.3 Å². The molecule has 0 aliphatic carbocycles. The van der Waals surface area contributed by atoms with Crippen LogP contribution in [0.2, 0.25) is 0 Å². The van der Waals surface area contributed by atoms with E-state index in [1.54, 1.807) is 6.07 Å². The van der Waals surface area contributed by atoms with Crippen molar-refractivity contribution in [2.75, 3.05) is 6.54 Å². The number of halogens is 3. The predicted molar refractivity (Wildman–Crippen MR) is 71.0 cm³/mol. The normalized spacial score (nSPS) is 13.1. The number of rotatable bonds is 6. The Balaban J connectivity index is 2.52. The summed E-state index contributed by atoms with van der Waals surface area (Å²) < 4.78 is 37.6. The van der Waals surface area contributed by atoms with Crippen LogP contribution in [0.3, 0.4) is 0 Å². The zero-order valence-electron chi connectivity index (χ0n) is 11.6. The van der Waals surface area contributed by atoms with Crippen molar-refractivity contribution in [1.82, 2.24) is 10.6 Å². The molecule has 6 heteroatoms. The molecule has 0 fully saturated rings. The quantitative estimate of drug-likeness (QED) is 0.845. The van der Waals surface area contributed by atoms with Gasteiger partial charge in [0, 0.05) is 19.0 Å². The first-order chi connectivity index (χ1) is 9.32. The number of carbonyl (C=O) groups is 1. The van der Waals surface area contributed by atoms with Crippen molar-refractivity contribution >= 4 is 5.91 Å². The Labute approximate surface area is 116 Å². The highest BCUT2D eigenvalue weighted by Gasteiger charge is 2.30. The van der Waals surface area contributed by atoms with Crippen molar-refractivity contribution in [3.8, 4) is 0 Å². The number of nitrogens with one attached hydrogen (secondary N) is 2. The monoisotopic (exact) mass is 288 g/mol. The highest BCUT2D eigenvalue weighted by atomic mass is 19.4. The second kappa shape index (κ2) is 7.28. The van der Waals surface area contributed by atoms with Gasteiger partial charge in [0.1, 0.15) is 0 Å². The summed E-state index contributed by atoms with van der Waals surface area (Å²) in [6.07, 6.45) is -4.06. The number of carbonyl (C=O) groups excluding carboxylic acids is 1. The Morgan fingerprint density at radius 3 is 2.65 bits per heavy atom. The number of amides is 1. The fourth-order valence-corrected chi connectivity index (χ4v) is 1.83. The van der Waals surface area contributed by atoms with Crippen LogP contribution >= 0.6 is 0 Å². The van der Waals surface area contributed by atoms with E-state index in [1.807, 2.05) is 13.8 Å². The lowest BCUT2D eigenvalue weighted by Gasteiger charge is -2.13. The molecular weight excluding hydrogens is 269 g/mol. The van der Waals surface area contributed by atoms with Crippen molar-refractivity contribution in [2.45, 2.75) is 39.0 Å². The minimum absolute atomic E-state index is 0.0431. The fourth-order valence-electron chi connectivity index (χ4n) is 1.83. The maximum absolute atomic E-state index is 12.5. The molecule has 1 atom stereocenters. The summed E-state index contributed by atoms with van der Waals surface area (Å²) in [6, 6.07) is 5.00. The first kappa shape index (κ1) is 16.5. The van der Waals surface area contributed by atoms with E-state index in [2.05, 4.69) is 10.6 Å². The minimum Gasteiger partial charge on any atom is -0.352 e. The summed E-state index contributed by atoms with van der Waals surface area (Å²) >= 11 is 0. The molecule has 0 saturated heterocycles. The molecule has 0 radical (unpaired) electrons. The van der Waals surface area contributed by atoms with E-state index in [1.165, 1.54) is 6.07 Å². The molecule has 1 rings (SSSR count). The van der Waals surface area contributed by atoms with Gasteiger partial charge in [-0.2, -0.15) is 13.2 Å². The molecule has 3 nitrogen and oxygen atoms in total. The van der Waals surface area contributed by atoms with E-state index >= 15 is 0 Å². The maximum atomic E-state index is 12.5. The molecule has 0 aromatic heterocycles. The van der Waals surface area contributed by atoms with Crippen LogP contribution in [0, 0.1) is 0 Å². The molecule has 0 aliphatic heterocycles. The van der Waals surface area contributed by atoms with Gasteiger partial charge in [0.15, 0.2) is 0 Å². The predicted octanol–water partition coefficient (Wildman–Crippen LogP) is 2.71. The van der Waals surface area contributed by atoms with E-state index in [9.17, 15) is 18.0 Å². The lowest BCUT2D eigenvalue weighted by atomic mass is 10.1. The molecule has 1 amide bonds. The average molecular weight is 288 g/mol. The van der Waals surface area contributed by atoms with Gasteiger partial charge in [0.2, 0.25) is 5.91 Å². The van der Waals surface area contributed by atoms with Gasteiger partial charge in [-0.3, -0.25) is 4.79 Å². The van der Waals surface area contributed by atoms with Crippen molar-refractivity contribution in [2.24, 2.45) is 0 Å². The van der Waals surface area contributed by atoms with E-state index in [0.29, 0.717) is 12.0 Å². The Hall–Kier alpha value is -1.56. The lowest BCUT2D eigenvalue weighted by molar-refractivity contribution is -0.137. The van der Waals surface area contributed by atoms with Crippen LogP contribution in [0.1, 0.15) is 31.4 Å². The summed E-state index contributed by atoms with van der Waals surface area (Å²) in [7, 11) is 0. The summed E-state index contributed by atoms with van der Waals surface area (Å²) in [5.41, 5.74) is -0.269. The van der Waals surface area contributed by atoms with Gasteiger partial charge in [0.25, 0.3) is 0 Å². The molecule has 20 heavy (non-hydrogen) atoms. The van der Waals surface area contributed by atoms with Crippen molar-refractivity contribution in [1.29, 1.82) is 0 Å². The summed E-state index contributed by atoms with van der Waals surface area (Å²) in [6.45, 7) is 4.69. The molecule has 2 N–H and O–H groups in total. The summed E-state index contributed by atoms with van der Waals surface area (Å²) in [4.78, 5) is 11.6. The molecule has 1 aromatic carbocycles. The topological polar surface area (TPSA) is 41.1 Å². The molecule has 1 aromatic rings. The zero-order valence-corrected chi connectivity index (χ0v) is 11.6. The molecule has 0 bridgehead atoms. The van der Waals surface area contributed by atoms with Crippen LogP contribution in [0.25, 0.3) is 0 Å². The van der Waals surface area contributed by atoms with Crippen molar-refractivity contribution < 1.29 is 18.0 Å². The number of benzene rings is 1. The van der Waals surface area contributed by atoms with Gasteiger partial charge in [-0.15, -0.1) is 0 Å². The van der Waals surface area contributed by atoms with Gasteiger partial charge >= 0.3 is 6.18 Å². The second-order valence-corrected chi connectivity index (χ2v) is 4.64. The highest BCUT2D eigenvalue weighted by molar-refractivity contribution is 5.76. The number of hydrogen-bond acceptors (Lipinski definition) is 2. The van der Waals surface area contributed by atoms with E-state index in [-0.39, 0.29) is 18.5 Å². The van der Waals surface area contributed by atoms with Gasteiger partial charge in [-0.1, -0.05) is 19.1 Å². The molecule has 0 aliphatic rings. The number of hydrogen-bond donors (Lipinski definition) is 2. The molecule has 0 heterocycles. The Morgan fingerprint density at radius 1 is 1.35 bits per heavy atom. The average Bonchev–Trinajstić information content (AvgIpc) is 2.36. The van der Waals surface area contributed by atoms with Gasteiger partial charge in [-0.05, 0) is 31.2 Å². The van der Waals surface area contributed by atoms with Crippen molar-refractivity contribution in [3.05, 3.63) is 35.4 Å². The minimum atomic E-state index is -4.36. The third-order valence-corrected chi connectivity index (χ3v) is 2.79. The number of alkyl halides is 3. The largest absolute Gasteiger partial charge is 0.416 e. The standard InChI is InChI=1S/C14H19F3N2O/c1-3-18-10(2)7-13(20)19-9-11-5-4-6-12(8-11)14(15,16)17/h4-6,8,10,18H,3,7,9H2,1-2H3,(H,19,20). The summed E-state index contributed by atoms with van der Waals surface area (Å²) in [5, 5.41) is 5.71. The zero-order chi connectivity index (χ0) is 15.2. The third-order valence-electron chi connectivity index (χ3n) is 2.79. The van der Waals surface area contributed by atoms with E-state index < -0.39 is 11.7 Å². The van der Waals surface area contributed by atoms with Crippen LogP contribution < -0.4 is 10.6 Å². The fraction of sp³-hybridized carbons (Fsp3) is 0.500. The van der Waals surface area contributed by atoms with Gasteiger partial charge in [-0.25, -0.2) is 0 Å². The lowest BCUT2D eigenvalue weighted by Crippen LogP contribution is -2.33. The SMILES string of the molecule is CCNC(C)CC(=O)NCc1cccc(C(F)(F)F)c1. The Bertz CT molecular complexity index is 446.